The molecule has 0 saturated carbocycles. The normalized spacial score (nSPS) is 11.2. The highest BCUT2D eigenvalue weighted by atomic mass is 15.1. The van der Waals surface area contributed by atoms with E-state index in [9.17, 15) is 0 Å². The number of para-hydroxylation sites is 2. The summed E-state index contributed by atoms with van der Waals surface area (Å²) in [4.78, 5) is 2.43. The average Bonchev–Trinajstić information content (AvgIpc) is 3.69. The Labute approximate surface area is 362 Å². The first kappa shape index (κ1) is 36.8. The molecule has 1 heterocycles. The standard InChI is InChI=1S/C60H42N2/c1-5-18-43(19-6-1)44-32-37-50(38-33-44)61(58-31-17-29-53(47-22-9-3-10-23-47)60(58)56-28-14-13-26-52(56)46-20-7-2-8-21-46)51-39-34-45(35-40-51)48-36-41-55-54-27-15-16-30-57(54)62(59(55)42-48)49-24-11-4-12-25-49/h1-42H. The molecule has 0 radical (unpaired) electrons. The maximum Gasteiger partial charge on any atom is 0.0547 e. The molecule has 292 valence electrons. The van der Waals surface area contributed by atoms with Crippen LogP contribution in [-0.4, -0.2) is 4.57 Å². The first-order valence-electron chi connectivity index (χ1n) is 21.3. The van der Waals surface area contributed by atoms with Crippen LogP contribution in [0.25, 0.3) is 83.1 Å². The Kier molecular flexibility index (Phi) is 9.57. The van der Waals surface area contributed by atoms with Crippen LogP contribution in [-0.2, 0) is 0 Å². The fourth-order valence-corrected chi connectivity index (χ4v) is 9.11. The molecule has 0 N–H and O–H groups in total. The zero-order valence-electron chi connectivity index (χ0n) is 34.1. The van der Waals surface area contributed by atoms with Gasteiger partial charge in [0, 0.05) is 33.4 Å². The molecule has 10 aromatic carbocycles. The fraction of sp³-hybridized carbons (Fsp3) is 0. The molecule has 0 amide bonds. The van der Waals surface area contributed by atoms with Gasteiger partial charge in [0.25, 0.3) is 0 Å². The minimum absolute atomic E-state index is 1.07. The Balaban J connectivity index is 1.10. The Bertz CT molecular complexity index is 3300. The Morgan fingerprint density at radius 3 is 1.37 bits per heavy atom. The summed E-state index contributed by atoms with van der Waals surface area (Å²) >= 11 is 0. The van der Waals surface area contributed by atoms with Crippen molar-refractivity contribution in [1.29, 1.82) is 0 Å². The van der Waals surface area contributed by atoms with E-state index >= 15 is 0 Å². The Morgan fingerprint density at radius 2 is 0.726 bits per heavy atom. The molecule has 62 heavy (non-hydrogen) atoms. The molecule has 0 fully saturated rings. The third kappa shape index (κ3) is 6.74. The molecule has 0 aliphatic rings. The highest BCUT2D eigenvalue weighted by molar-refractivity contribution is 6.10. The highest BCUT2D eigenvalue weighted by Gasteiger charge is 2.23. The van der Waals surface area contributed by atoms with E-state index in [0.717, 1.165) is 28.3 Å². The quantitative estimate of drug-likeness (QED) is 0.141. The van der Waals surface area contributed by atoms with Gasteiger partial charge >= 0.3 is 0 Å². The zero-order valence-corrected chi connectivity index (χ0v) is 34.1. The van der Waals surface area contributed by atoms with Gasteiger partial charge in [0.15, 0.2) is 0 Å². The number of rotatable bonds is 9. The molecular weight excluding hydrogens is 749 g/mol. The van der Waals surface area contributed by atoms with Crippen molar-refractivity contribution in [1.82, 2.24) is 4.57 Å². The highest BCUT2D eigenvalue weighted by Crippen LogP contribution is 2.48. The molecule has 11 rings (SSSR count). The fourth-order valence-electron chi connectivity index (χ4n) is 9.11. The van der Waals surface area contributed by atoms with Crippen LogP contribution >= 0.6 is 0 Å². The largest absolute Gasteiger partial charge is 0.310 e. The van der Waals surface area contributed by atoms with Crippen LogP contribution in [0.15, 0.2) is 255 Å². The SMILES string of the molecule is c1ccc(-c2ccc(N(c3ccc(-c4ccc5c6ccccc6n(-c6ccccc6)c5c4)cc3)c3cccc(-c4ccccc4)c3-c3ccccc3-c3ccccc3)cc2)cc1. The van der Waals surface area contributed by atoms with Crippen molar-refractivity contribution in [2.75, 3.05) is 4.90 Å². The Hall–Kier alpha value is -8.20. The van der Waals surface area contributed by atoms with Crippen LogP contribution in [0.3, 0.4) is 0 Å². The van der Waals surface area contributed by atoms with Gasteiger partial charge in [-0.05, 0) is 105 Å². The number of aromatic nitrogens is 1. The number of hydrogen-bond donors (Lipinski definition) is 0. The number of anilines is 3. The number of fused-ring (bicyclic) bond motifs is 3. The summed E-state index contributed by atoms with van der Waals surface area (Å²) in [5.74, 6) is 0. The van der Waals surface area contributed by atoms with Gasteiger partial charge in [0.2, 0.25) is 0 Å². The van der Waals surface area contributed by atoms with E-state index in [1.165, 1.54) is 71.9 Å². The lowest BCUT2D eigenvalue weighted by molar-refractivity contribution is 1.18. The van der Waals surface area contributed by atoms with Crippen LogP contribution in [0.4, 0.5) is 17.1 Å². The molecule has 0 aliphatic heterocycles. The molecule has 0 aliphatic carbocycles. The number of nitrogens with zero attached hydrogens (tertiary/aromatic N) is 2. The molecular formula is C60H42N2. The summed E-state index contributed by atoms with van der Waals surface area (Å²) < 4.78 is 2.39. The third-order valence-corrected chi connectivity index (χ3v) is 12.0. The summed E-state index contributed by atoms with van der Waals surface area (Å²) in [6.07, 6.45) is 0. The lowest BCUT2D eigenvalue weighted by Gasteiger charge is -2.30. The molecule has 2 heteroatoms. The van der Waals surface area contributed by atoms with E-state index in [0.29, 0.717) is 0 Å². The van der Waals surface area contributed by atoms with Gasteiger partial charge in [-0.15, -0.1) is 0 Å². The number of benzene rings is 10. The van der Waals surface area contributed by atoms with Crippen molar-refractivity contribution in [2.45, 2.75) is 0 Å². The van der Waals surface area contributed by atoms with Crippen molar-refractivity contribution in [3.63, 3.8) is 0 Å². The maximum atomic E-state index is 2.43. The summed E-state index contributed by atoms with van der Waals surface area (Å²) in [5.41, 5.74) is 18.6. The second-order valence-electron chi connectivity index (χ2n) is 15.7. The van der Waals surface area contributed by atoms with Gasteiger partial charge in [-0.1, -0.05) is 200 Å². The van der Waals surface area contributed by atoms with E-state index < -0.39 is 0 Å². The lowest BCUT2D eigenvalue weighted by Crippen LogP contribution is -2.12. The maximum absolute atomic E-state index is 2.43. The van der Waals surface area contributed by atoms with Crippen molar-refractivity contribution < 1.29 is 0 Å². The predicted octanol–water partition coefficient (Wildman–Crippen LogP) is 16.6. The van der Waals surface area contributed by atoms with Gasteiger partial charge in [-0.2, -0.15) is 0 Å². The molecule has 0 bridgehead atoms. The second kappa shape index (κ2) is 16.1. The first-order chi connectivity index (χ1) is 30.8. The lowest BCUT2D eigenvalue weighted by atomic mass is 9.87. The monoisotopic (exact) mass is 790 g/mol. The average molecular weight is 791 g/mol. The van der Waals surface area contributed by atoms with Gasteiger partial charge in [0.1, 0.15) is 0 Å². The summed E-state index contributed by atoms with van der Waals surface area (Å²) in [6.45, 7) is 0. The minimum Gasteiger partial charge on any atom is -0.310 e. The van der Waals surface area contributed by atoms with Crippen molar-refractivity contribution in [3.8, 4) is 61.3 Å². The van der Waals surface area contributed by atoms with Gasteiger partial charge < -0.3 is 9.47 Å². The van der Waals surface area contributed by atoms with Crippen molar-refractivity contribution in [2.24, 2.45) is 0 Å². The van der Waals surface area contributed by atoms with E-state index in [2.05, 4.69) is 264 Å². The van der Waals surface area contributed by atoms with Crippen LogP contribution in [0.5, 0.6) is 0 Å². The molecule has 0 spiro atoms. The van der Waals surface area contributed by atoms with E-state index in [-0.39, 0.29) is 0 Å². The molecule has 1 aromatic heterocycles. The topological polar surface area (TPSA) is 8.17 Å². The van der Waals surface area contributed by atoms with Gasteiger partial charge in [-0.25, -0.2) is 0 Å². The molecule has 0 unspecified atom stereocenters. The predicted molar refractivity (Wildman–Crippen MR) is 263 cm³/mol. The van der Waals surface area contributed by atoms with Crippen LogP contribution in [0, 0.1) is 0 Å². The van der Waals surface area contributed by atoms with Crippen molar-refractivity contribution in [3.05, 3.63) is 255 Å². The summed E-state index contributed by atoms with van der Waals surface area (Å²) in [6, 6.07) is 92.1. The Morgan fingerprint density at radius 1 is 0.274 bits per heavy atom. The van der Waals surface area contributed by atoms with Crippen LogP contribution < -0.4 is 4.90 Å². The zero-order chi connectivity index (χ0) is 41.2. The van der Waals surface area contributed by atoms with Gasteiger partial charge in [-0.3, -0.25) is 0 Å². The van der Waals surface area contributed by atoms with Crippen LogP contribution in [0.1, 0.15) is 0 Å². The van der Waals surface area contributed by atoms with E-state index in [1.807, 2.05) is 0 Å². The number of hydrogen-bond acceptors (Lipinski definition) is 1. The molecule has 0 atom stereocenters. The van der Waals surface area contributed by atoms with Crippen LogP contribution in [0.2, 0.25) is 0 Å². The van der Waals surface area contributed by atoms with Gasteiger partial charge in [0.05, 0.1) is 16.7 Å². The molecule has 2 nitrogen and oxygen atoms in total. The molecule has 11 aromatic rings. The second-order valence-corrected chi connectivity index (χ2v) is 15.7. The molecule has 0 saturated heterocycles. The third-order valence-electron chi connectivity index (χ3n) is 12.0. The van der Waals surface area contributed by atoms with E-state index in [4.69, 9.17) is 0 Å². The first-order valence-corrected chi connectivity index (χ1v) is 21.3. The van der Waals surface area contributed by atoms with Crippen molar-refractivity contribution >= 4 is 38.9 Å². The van der Waals surface area contributed by atoms with E-state index in [1.54, 1.807) is 0 Å². The summed E-state index contributed by atoms with van der Waals surface area (Å²) in [7, 11) is 0. The summed E-state index contributed by atoms with van der Waals surface area (Å²) in [5, 5.41) is 2.50. The minimum atomic E-state index is 1.07. The smallest absolute Gasteiger partial charge is 0.0547 e.